The summed E-state index contributed by atoms with van der Waals surface area (Å²) >= 11 is 7.00. The normalized spacial score (nSPS) is 17.4. The van der Waals surface area contributed by atoms with Gasteiger partial charge in [-0.25, -0.2) is 4.79 Å². The quantitative estimate of drug-likeness (QED) is 0.170. The lowest BCUT2D eigenvalue weighted by molar-refractivity contribution is -0.125. The first-order valence-electron chi connectivity index (χ1n) is 14.8. The van der Waals surface area contributed by atoms with E-state index < -0.39 is 17.4 Å². The minimum absolute atomic E-state index is 0.0500. The molecule has 2 aliphatic carbocycles. The standard InChI is InChI=1S/C32H40ClN3O5S/c33-26-13-7-12-25(18-26)22-41-31(40)36-42-28(19-23-8-3-1-4-9-23)30(39)34-27(21-37)14-15-29(38)35-32(16-17-32)20-24-10-5-2-6-11-24/h2,5-7,10-13,18,21,23,27-28H,1,3-4,8-9,14-17,19-20,22H2,(H,34,39)(H,35,38)(H,36,40)/t27-,28-/m0/s1. The third kappa shape index (κ3) is 10.7. The van der Waals surface area contributed by atoms with Crippen LogP contribution in [0.3, 0.4) is 0 Å². The maximum Gasteiger partial charge on any atom is 0.417 e. The molecule has 0 bridgehead atoms. The van der Waals surface area contributed by atoms with Gasteiger partial charge in [0, 0.05) is 17.0 Å². The second-order valence-electron chi connectivity index (χ2n) is 11.4. The van der Waals surface area contributed by atoms with E-state index in [0.717, 1.165) is 62.5 Å². The highest BCUT2D eigenvalue weighted by atomic mass is 35.5. The first-order valence-corrected chi connectivity index (χ1v) is 16.0. The summed E-state index contributed by atoms with van der Waals surface area (Å²) in [5.41, 5.74) is 1.72. The van der Waals surface area contributed by atoms with E-state index in [1.165, 1.54) is 12.0 Å². The molecule has 3 amide bonds. The fourth-order valence-electron chi connectivity index (χ4n) is 5.44. The highest BCUT2D eigenvalue weighted by Crippen LogP contribution is 2.38. The molecule has 8 nitrogen and oxygen atoms in total. The molecule has 42 heavy (non-hydrogen) atoms. The minimum Gasteiger partial charge on any atom is -0.444 e. The molecule has 3 N–H and O–H groups in total. The van der Waals surface area contributed by atoms with Crippen molar-refractivity contribution in [3.63, 3.8) is 0 Å². The Balaban J connectivity index is 1.25. The van der Waals surface area contributed by atoms with Gasteiger partial charge in [-0.1, -0.05) is 86.2 Å². The lowest BCUT2D eigenvalue weighted by atomic mass is 9.86. The Morgan fingerprint density at radius 2 is 1.76 bits per heavy atom. The smallest absolute Gasteiger partial charge is 0.417 e. The lowest BCUT2D eigenvalue weighted by Gasteiger charge is -2.26. The van der Waals surface area contributed by atoms with Gasteiger partial charge in [-0.15, -0.1) is 0 Å². The van der Waals surface area contributed by atoms with Gasteiger partial charge in [-0.05, 0) is 73.2 Å². The Hall–Kier alpha value is -3.04. The molecule has 0 heterocycles. The van der Waals surface area contributed by atoms with Crippen LogP contribution >= 0.6 is 23.5 Å². The summed E-state index contributed by atoms with van der Waals surface area (Å²) in [5, 5.41) is 5.91. The SMILES string of the molecule is O=C[C@H](CCC(=O)NC1(Cc2ccccc2)CC1)NC(=O)[C@H](CC1CCCCC1)SNC(=O)OCc1cccc(Cl)c1. The summed E-state index contributed by atoms with van der Waals surface area (Å²) in [6.45, 7) is 0.0500. The van der Waals surface area contributed by atoms with Crippen molar-refractivity contribution in [1.29, 1.82) is 0 Å². The van der Waals surface area contributed by atoms with Crippen molar-refractivity contribution in [2.45, 2.75) is 94.1 Å². The van der Waals surface area contributed by atoms with Gasteiger partial charge in [-0.3, -0.25) is 14.3 Å². The molecule has 2 fully saturated rings. The van der Waals surface area contributed by atoms with Gasteiger partial charge >= 0.3 is 6.09 Å². The molecule has 0 radical (unpaired) electrons. The van der Waals surface area contributed by atoms with Gasteiger partial charge in [0.1, 0.15) is 18.1 Å². The van der Waals surface area contributed by atoms with E-state index in [2.05, 4.69) is 27.5 Å². The van der Waals surface area contributed by atoms with Crippen LogP contribution in [0.25, 0.3) is 0 Å². The number of benzene rings is 2. The highest BCUT2D eigenvalue weighted by molar-refractivity contribution is 7.99. The number of carbonyl (C=O) groups is 4. The van der Waals surface area contributed by atoms with E-state index in [4.69, 9.17) is 16.3 Å². The van der Waals surface area contributed by atoms with E-state index in [9.17, 15) is 19.2 Å². The summed E-state index contributed by atoms with van der Waals surface area (Å²) in [6, 6.07) is 16.3. The molecule has 10 heteroatoms. The molecule has 2 atom stereocenters. The van der Waals surface area contributed by atoms with Gasteiger partial charge < -0.3 is 20.2 Å². The first-order chi connectivity index (χ1) is 20.3. The number of aldehydes is 1. The lowest BCUT2D eigenvalue weighted by Crippen LogP contribution is -2.44. The van der Waals surface area contributed by atoms with Gasteiger partial charge in [0.2, 0.25) is 11.8 Å². The van der Waals surface area contributed by atoms with E-state index in [-0.39, 0.29) is 36.8 Å². The second kappa shape index (κ2) is 16.0. The average molecular weight is 614 g/mol. The Morgan fingerprint density at radius 1 is 1.02 bits per heavy atom. The Bertz CT molecular complexity index is 1200. The van der Waals surface area contributed by atoms with E-state index in [1.54, 1.807) is 24.3 Å². The van der Waals surface area contributed by atoms with E-state index in [1.807, 2.05) is 18.2 Å². The fourth-order valence-corrected chi connectivity index (χ4v) is 6.49. The Morgan fingerprint density at radius 3 is 2.45 bits per heavy atom. The molecule has 226 valence electrons. The molecule has 4 rings (SSSR count). The van der Waals surface area contributed by atoms with Crippen LogP contribution in [0.15, 0.2) is 54.6 Å². The molecule has 2 aromatic carbocycles. The number of nitrogens with one attached hydrogen (secondary N) is 3. The molecule has 2 aromatic rings. The molecule has 0 aliphatic heterocycles. The van der Waals surface area contributed by atoms with Gasteiger partial charge in [-0.2, -0.15) is 0 Å². The number of hydrogen-bond acceptors (Lipinski definition) is 6. The molecular formula is C32H40ClN3O5S. The molecule has 0 unspecified atom stereocenters. The van der Waals surface area contributed by atoms with Gasteiger partial charge in [0.05, 0.1) is 6.04 Å². The van der Waals surface area contributed by atoms with Gasteiger partial charge in [0.25, 0.3) is 0 Å². The maximum atomic E-state index is 13.3. The van der Waals surface area contributed by atoms with Crippen molar-refractivity contribution < 1.29 is 23.9 Å². The van der Waals surface area contributed by atoms with Crippen LogP contribution in [0.5, 0.6) is 0 Å². The average Bonchev–Trinajstić information content (AvgIpc) is 3.75. The molecule has 2 saturated carbocycles. The predicted molar refractivity (Wildman–Crippen MR) is 165 cm³/mol. The molecule has 0 aromatic heterocycles. The molecule has 2 aliphatic rings. The van der Waals surface area contributed by atoms with Crippen molar-refractivity contribution in [2.75, 3.05) is 0 Å². The number of amides is 3. The topological polar surface area (TPSA) is 114 Å². The zero-order valence-corrected chi connectivity index (χ0v) is 25.4. The monoisotopic (exact) mass is 613 g/mol. The number of carbonyl (C=O) groups excluding carboxylic acids is 4. The number of rotatable bonds is 15. The summed E-state index contributed by atoms with van der Waals surface area (Å²) in [6.07, 6.45) is 9.08. The van der Waals surface area contributed by atoms with Crippen molar-refractivity contribution in [3.05, 3.63) is 70.7 Å². The zero-order valence-electron chi connectivity index (χ0n) is 23.8. The summed E-state index contributed by atoms with van der Waals surface area (Å²) in [4.78, 5) is 50.3. The van der Waals surface area contributed by atoms with E-state index in [0.29, 0.717) is 23.6 Å². The fraction of sp³-hybridized carbons (Fsp3) is 0.500. The van der Waals surface area contributed by atoms with Gasteiger partial charge in [0.15, 0.2) is 0 Å². The van der Waals surface area contributed by atoms with Crippen LogP contribution in [0.1, 0.15) is 75.3 Å². The first kappa shape index (κ1) is 31.9. The van der Waals surface area contributed by atoms with Crippen LogP contribution < -0.4 is 15.4 Å². The van der Waals surface area contributed by atoms with Crippen LogP contribution in [0, 0.1) is 5.92 Å². The zero-order chi connectivity index (χ0) is 29.8. The number of ether oxygens (including phenoxy) is 1. The summed E-state index contributed by atoms with van der Waals surface area (Å²) in [5.74, 6) is -0.0891. The molecule has 0 saturated heterocycles. The third-order valence-electron chi connectivity index (χ3n) is 7.93. The number of halogens is 1. The highest BCUT2D eigenvalue weighted by Gasteiger charge is 2.43. The predicted octanol–water partition coefficient (Wildman–Crippen LogP) is 5.91. The van der Waals surface area contributed by atoms with Crippen molar-refractivity contribution in [2.24, 2.45) is 5.92 Å². The van der Waals surface area contributed by atoms with Crippen molar-refractivity contribution in [1.82, 2.24) is 15.4 Å². The largest absolute Gasteiger partial charge is 0.444 e. The Kier molecular flexibility index (Phi) is 12.1. The van der Waals surface area contributed by atoms with Crippen LogP contribution in [0.2, 0.25) is 5.02 Å². The van der Waals surface area contributed by atoms with Crippen LogP contribution in [-0.4, -0.2) is 41.0 Å². The van der Waals surface area contributed by atoms with Crippen molar-refractivity contribution >= 4 is 47.7 Å². The van der Waals surface area contributed by atoms with Crippen molar-refractivity contribution in [3.8, 4) is 0 Å². The maximum absolute atomic E-state index is 13.3. The van der Waals surface area contributed by atoms with Crippen LogP contribution in [-0.2, 0) is 32.1 Å². The summed E-state index contributed by atoms with van der Waals surface area (Å²) in [7, 11) is 0. The summed E-state index contributed by atoms with van der Waals surface area (Å²) < 4.78 is 7.93. The minimum atomic E-state index is -0.795. The number of hydrogen-bond donors (Lipinski definition) is 3. The van der Waals surface area contributed by atoms with E-state index >= 15 is 0 Å². The molecular weight excluding hydrogens is 574 g/mol. The van der Waals surface area contributed by atoms with Crippen LogP contribution in [0.4, 0.5) is 4.79 Å². The molecule has 0 spiro atoms. The second-order valence-corrected chi connectivity index (χ2v) is 12.9. The third-order valence-corrected chi connectivity index (χ3v) is 9.14. The Labute approximate surface area is 257 Å².